The Bertz CT molecular complexity index is 513. The first-order chi connectivity index (χ1) is 12.3. The number of hydrogen-bond acceptors (Lipinski definition) is 3. The smallest absolute Gasteiger partial charge is 0.122 e. The maximum Gasteiger partial charge on any atom is 0.122 e. The second-order valence-corrected chi connectivity index (χ2v) is 7.16. The van der Waals surface area contributed by atoms with Crippen molar-refractivity contribution >= 4 is 0 Å². The molecule has 0 saturated carbocycles. The number of benzene rings is 1. The fourth-order valence-electron chi connectivity index (χ4n) is 3.31. The van der Waals surface area contributed by atoms with Gasteiger partial charge in [-0.1, -0.05) is 51.5 Å². The number of unbranched alkanes of at least 4 members (excludes halogenated alkanes) is 8. The molecular formula is C22H35NO2. The van der Waals surface area contributed by atoms with Gasteiger partial charge in [-0.2, -0.15) is 0 Å². The van der Waals surface area contributed by atoms with Crippen molar-refractivity contribution in [2.45, 2.75) is 77.0 Å². The van der Waals surface area contributed by atoms with Gasteiger partial charge < -0.3 is 15.2 Å². The lowest BCUT2D eigenvalue weighted by Crippen LogP contribution is -2.08. The Morgan fingerprint density at radius 2 is 1.68 bits per heavy atom. The van der Waals surface area contributed by atoms with Crippen LogP contribution in [0.1, 0.15) is 76.2 Å². The van der Waals surface area contributed by atoms with Crippen molar-refractivity contribution in [2.24, 2.45) is 5.73 Å². The van der Waals surface area contributed by atoms with Crippen LogP contribution >= 0.6 is 0 Å². The molecule has 0 unspecified atom stereocenters. The van der Waals surface area contributed by atoms with Crippen molar-refractivity contribution in [1.29, 1.82) is 0 Å². The van der Waals surface area contributed by atoms with Gasteiger partial charge in [-0.25, -0.2) is 0 Å². The molecule has 140 valence electrons. The minimum Gasteiger partial charge on any atom is -0.494 e. The van der Waals surface area contributed by atoms with E-state index in [1.165, 1.54) is 56.9 Å². The molecule has 0 radical (unpaired) electrons. The van der Waals surface area contributed by atoms with E-state index in [4.69, 9.17) is 15.2 Å². The fourth-order valence-corrected chi connectivity index (χ4v) is 3.31. The molecule has 3 heteroatoms. The summed E-state index contributed by atoms with van der Waals surface area (Å²) >= 11 is 0. The minimum absolute atomic E-state index is 0.822. The van der Waals surface area contributed by atoms with Crippen LogP contribution in [0.25, 0.3) is 0 Å². The molecule has 1 aliphatic heterocycles. The Morgan fingerprint density at radius 1 is 1.00 bits per heavy atom. The summed E-state index contributed by atoms with van der Waals surface area (Å²) in [5.74, 6) is 2.02. The highest BCUT2D eigenvalue weighted by Gasteiger charge is 2.10. The van der Waals surface area contributed by atoms with Crippen molar-refractivity contribution in [3.8, 4) is 11.5 Å². The Morgan fingerprint density at radius 3 is 2.40 bits per heavy atom. The number of hydrogen-bond donors (Lipinski definition) is 1. The molecule has 25 heavy (non-hydrogen) atoms. The number of allylic oxidation sites excluding steroid dienone is 1. The Hall–Kier alpha value is -1.64. The molecule has 0 amide bonds. The van der Waals surface area contributed by atoms with E-state index in [-0.39, 0.29) is 0 Å². The van der Waals surface area contributed by atoms with Crippen LogP contribution in [0.15, 0.2) is 30.5 Å². The molecule has 1 aromatic carbocycles. The molecule has 0 aliphatic carbocycles. The summed E-state index contributed by atoms with van der Waals surface area (Å²) in [5.41, 5.74) is 7.69. The monoisotopic (exact) mass is 345 g/mol. The van der Waals surface area contributed by atoms with Gasteiger partial charge >= 0.3 is 0 Å². The van der Waals surface area contributed by atoms with Gasteiger partial charge in [0.1, 0.15) is 11.5 Å². The van der Waals surface area contributed by atoms with E-state index in [2.05, 4.69) is 12.6 Å². The first-order valence-electron chi connectivity index (χ1n) is 10.1. The van der Waals surface area contributed by atoms with Gasteiger partial charge in [0.25, 0.3) is 0 Å². The largest absolute Gasteiger partial charge is 0.494 e. The predicted octanol–water partition coefficient (Wildman–Crippen LogP) is 5.76. The average Bonchev–Trinajstić information content (AvgIpc) is 2.62. The number of aryl methyl sites for hydroxylation is 1. The summed E-state index contributed by atoms with van der Waals surface area (Å²) in [4.78, 5) is 0. The molecule has 0 spiro atoms. The zero-order chi connectivity index (χ0) is 17.7. The maximum atomic E-state index is 5.89. The molecule has 0 fully saturated rings. The summed E-state index contributed by atoms with van der Waals surface area (Å²) < 4.78 is 11.5. The van der Waals surface area contributed by atoms with Gasteiger partial charge in [0.2, 0.25) is 0 Å². The molecular weight excluding hydrogens is 310 g/mol. The summed E-state index contributed by atoms with van der Waals surface area (Å²) in [7, 11) is 0. The first kappa shape index (κ1) is 19.7. The summed E-state index contributed by atoms with van der Waals surface area (Å²) in [6, 6.07) is 6.23. The van der Waals surface area contributed by atoms with E-state index in [9.17, 15) is 0 Å². The standard InChI is InChI=1S/C22H35NO2/c1-19(23)12-9-7-5-3-2-4-6-8-10-16-24-21-14-15-22-20(18-21)13-11-17-25-22/h14-15,18H,1-13,16-17,23H2. The third-order valence-electron chi connectivity index (χ3n) is 4.79. The summed E-state index contributed by atoms with van der Waals surface area (Å²) in [5, 5.41) is 0. The quantitative estimate of drug-likeness (QED) is 0.462. The topological polar surface area (TPSA) is 44.5 Å². The van der Waals surface area contributed by atoms with Crippen molar-refractivity contribution in [3.63, 3.8) is 0 Å². The zero-order valence-corrected chi connectivity index (χ0v) is 15.7. The van der Waals surface area contributed by atoms with E-state index in [0.717, 1.165) is 56.1 Å². The third-order valence-corrected chi connectivity index (χ3v) is 4.79. The van der Waals surface area contributed by atoms with E-state index >= 15 is 0 Å². The number of rotatable bonds is 13. The van der Waals surface area contributed by atoms with Crippen LogP contribution < -0.4 is 15.2 Å². The zero-order valence-electron chi connectivity index (χ0n) is 15.7. The van der Waals surface area contributed by atoms with Crippen LogP contribution in [0, 0.1) is 0 Å². The highest BCUT2D eigenvalue weighted by molar-refractivity contribution is 5.41. The molecule has 3 nitrogen and oxygen atoms in total. The molecule has 1 aromatic rings. The SMILES string of the molecule is C=C(N)CCCCCCCCCCCOc1ccc2c(c1)CCCO2. The lowest BCUT2D eigenvalue weighted by Gasteiger charge is -2.18. The van der Waals surface area contributed by atoms with Crippen LogP contribution in [-0.2, 0) is 6.42 Å². The van der Waals surface area contributed by atoms with E-state index in [1.807, 2.05) is 12.1 Å². The van der Waals surface area contributed by atoms with Gasteiger partial charge in [-0.15, -0.1) is 0 Å². The van der Waals surface area contributed by atoms with Crippen LogP contribution in [-0.4, -0.2) is 13.2 Å². The molecule has 0 aromatic heterocycles. The maximum absolute atomic E-state index is 5.89. The van der Waals surface area contributed by atoms with Crippen LogP contribution in [0.5, 0.6) is 11.5 Å². The molecule has 0 bridgehead atoms. The van der Waals surface area contributed by atoms with Crippen LogP contribution in [0.4, 0.5) is 0 Å². The van der Waals surface area contributed by atoms with Crippen molar-refractivity contribution < 1.29 is 9.47 Å². The molecule has 2 rings (SSSR count). The number of ether oxygens (including phenoxy) is 2. The normalized spacial score (nSPS) is 13.1. The Kier molecular flexibility index (Phi) is 9.32. The van der Waals surface area contributed by atoms with E-state index in [0.29, 0.717) is 0 Å². The van der Waals surface area contributed by atoms with Gasteiger partial charge in [0, 0.05) is 5.70 Å². The lowest BCUT2D eigenvalue weighted by molar-refractivity contribution is 0.282. The average molecular weight is 346 g/mol. The van der Waals surface area contributed by atoms with Crippen molar-refractivity contribution in [2.75, 3.05) is 13.2 Å². The summed E-state index contributed by atoms with van der Waals surface area (Å²) in [6.07, 6.45) is 14.8. The fraction of sp³-hybridized carbons (Fsp3) is 0.636. The van der Waals surface area contributed by atoms with E-state index < -0.39 is 0 Å². The van der Waals surface area contributed by atoms with Gasteiger partial charge in [-0.3, -0.25) is 0 Å². The Balaban J connectivity index is 1.42. The van der Waals surface area contributed by atoms with Crippen LogP contribution in [0.3, 0.4) is 0 Å². The van der Waals surface area contributed by atoms with Crippen molar-refractivity contribution in [1.82, 2.24) is 0 Å². The highest BCUT2D eigenvalue weighted by Crippen LogP contribution is 2.28. The second kappa shape index (κ2) is 11.8. The second-order valence-electron chi connectivity index (χ2n) is 7.16. The van der Waals surface area contributed by atoms with Gasteiger partial charge in [-0.05, 0) is 55.9 Å². The predicted molar refractivity (Wildman–Crippen MR) is 105 cm³/mol. The molecule has 1 aliphatic rings. The van der Waals surface area contributed by atoms with Crippen molar-refractivity contribution in [3.05, 3.63) is 36.0 Å². The lowest BCUT2D eigenvalue weighted by atomic mass is 10.1. The van der Waals surface area contributed by atoms with Crippen LogP contribution in [0.2, 0.25) is 0 Å². The van der Waals surface area contributed by atoms with Gasteiger partial charge in [0.05, 0.1) is 13.2 Å². The molecule has 0 atom stereocenters. The highest BCUT2D eigenvalue weighted by atomic mass is 16.5. The number of nitrogens with two attached hydrogens (primary N) is 1. The Labute approximate surface area is 153 Å². The molecule has 1 heterocycles. The molecule has 0 saturated heterocycles. The number of fused-ring (bicyclic) bond motifs is 1. The minimum atomic E-state index is 0.822. The first-order valence-corrected chi connectivity index (χ1v) is 10.1. The summed E-state index contributed by atoms with van der Waals surface area (Å²) in [6.45, 7) is 5.40. The molecule has 2 N–H and O–H groups in total. The third kappa shape index (κ3) is 8.33. The van der Waals surface area contributed by atoms with Gasteiger partial charge in [0.15, 0.2) is 0 Å². The van der Waals surface area contributed by atoms with E-state index in [1.54, 1.807) is 0 Å².